The number of aromatic nitrogens is 5. The molecule has 0 spiro atoms. The predicted octanol–water partition coefficient (Wildman–Crippen LogP) is 1.30. The Labute approximate surface area is 153 Å². The smallest absolute Gasteiger partial charge is 0.289 e. The summed E-state index contributed by atoms with van der Waals surface area (Å²) in [6, 6.07) is 9.65. The van der Waals surface area contributed by atoms with E-state index in [4.69, 9.17) is 0 Å². The molecule has 2 heterocycles. The Bertz CT molecular complexity index is 1170. The number of aryl methyl sites for hydroxylation is 2. The van der Waals surface area contributed by atoms with Crippen molar-refractivity contribution in [3.63, 3.8) is 0 Å². The topological polar surface area (TPSA) is 98.5 Å². The van der Waals surface area contributed by atoms with Gasteiger partial charge in [0.1, 0.15) is 22.5 Å². The fourth-order valence-electron chi connectivity index (χ4n) is 2.63. The Kier molecular flexibility index (Phi) is 4.52. The second-order valence-corrected chi connectivity index (χ2v) is 6.71. The fraction of sp³-hybridized carbons (Fsp3) is 0.235. The molecule has 0 radical (unpaired) electrons. The molecule has 1 aromatic carbocycles. The predicted molar refractivity (Wildman–Crippen MR) is 96.6 cm³/mol. The molecule has 2 aromatic heterocycles. The highest BCUT2D eigenvalue weighted by Gasteiger charge is 2.21. The maximum atomic E-state index is 12.3. The first-order valence-corrected chi connectivity index (χ1v) is 8.54. The van der Waals surface area contributed by atoms with Gasteiger partial charge in [-0.05, 0) is 37.2 Å². The standard InChI is InChI=1S/C17H16N6O2S/c1-10-7-5-6-8-13(10)23-11(2)19-20-16(23)26-15-12(9-18)14(24)21(3)17(25)22(15)4/h5-8H,1-4H3. The van der Waals surface area contributed by atoms with Crippen LogP contribution in [0.5, 0.6) is 0 Å². The summed E-state index contributed by atoms with van der Waals surface area (Å²) in [7, 11) is 2.87. The molecular weight excluding hydrogens is 352 g/mol. The number of benzene rings is 1. The molecule has 0 aliphatic rings. The van der Waals surface area contributed by atoms with E-state index in [9.17, 15) is 14.9 Å². The second-order valence-electron chi connectivity index (χ2n) is 5.75. The minimum absolute atomic E-state index is 0.100. The SMILES string of the molecule is Cc1ccccc1-n1c(C)nnc1Sc1c(C#N)c(=O)n(C)c(=O)n1C. The summed E-state index contributed by atoms with van der Waals surface area (Å²) < 4.78 is 4.03. The summed E-state index contributed by atoms with van der Waals surface area (Å²) in [6.07, 6.45) is 0. The Morgan fingerprint density at radius 1 is 1.08 bits per heavy atom. The van der Waals surface area contributed by atoms with Gasteiger partial charge >= 0.3 is 5.69 Å². The molecule has 0 N–H and O–H groups in total. The van der Waals surface area contributed by atoms with Crippen LogP contribution in [0.25, 0.3) is 5.69 Å². The summed E-state index contributed by atoms with van der Waals surface area (Å²) in [6.45, 7) is 3.79. The molecule has 0 saturated carbocycles. The van der Waals surface area contributed by atoms with Gasteiger partial charge in [-0.25, -0.2) is 4.79 Å². The van der Waals surface area contributed by atoms with Crippen LogP contribution in [0.15, 0.2) is 44.0 Å². The van der Waals surface area contributed by atoms with Crippen LogP contribution >= 0.6 is 11.8 Å². The Hall–Kier alpha value is -3.12. The fourth-order valence-corrected chi connectivity index (χ4v) is 3.65. The molecule has 26 heavy (non-hydrogen) atoms. The van der Waals surface area contributed by atoms with Crippen LogP contribution in [0.4, 0.5) is 0 Å². The molecule has 9 heteroatoms. The van der Waals surface area contributed by atoms with Crippen LogP contribution in [-0.4, -0.2) is 23.9 Å². The number of rotatable bonds is 3. The van der Waals surface area contributed by atoms with Gasteiger partial charge in [-0.3, -0.25) is 18.5 Å². The van der Waals surface area contributed by atoms with Crippen molar-refractivity contribution in [3.8, 4) is 11.8 Å². The van der Waals surface area contributed by atoms with Crippen LogP contribution in [0, 0.1) is 25.2 Å². The summed E-state index contributed by atoms with van der Waals surface area (Å²) >= 11 is 1.07. The lowest BCUT2D eigenvalue weighted by molar-refractivity contribution is 0.630. The van der Waals surface area contributed by atoms with E-state index in [1.165, 1.54) is 18.7 Å². The van der Waals surface area contributed by atoms with Crippen LogP contribution < -0.4 is 11.2 Å². The molecule has 0 atom stereocenters. The number of hydrogen-bond acceptors (Lipinski definition) is 6. The molecule has 0 aliphatic carbocycles. The summed E-state index contributed by atoms with van der Waals surface area (Å²) in [5.74, 6) is 0.661. The number of para-hydroxylation sites is 1. The Morgan fingerprint density at radius 3 is 2.42 bits per heavy atom. The molecule has 132 valence electrons. The number of hydrogen-bond donors (Lipinski definition) is 0. The molecule has 0 fully saturated rings. The van der Waals surface area contributed by atoms with Gasteiger partial charge in [0.2, 0.25) is 5.16 Å². The molecule has 3 aromatic rings. The normalized spacial score (nSPS) is 10.7. The van der Waals surface area contributed by atoms with Gasteiger partial charge in [0, 0.05) is 14.1 Å². The summed E-state index contributed by atoms with van der Waals surface area (Å²) in [5.41, 5.74) is 0.684. The van der Waals surface area contributed by atoms with Crippen molar-refractivity contribution in [3.05, 3.63) is 62.1 Å². The zero-order chi connectivity index (χ0) is 19.0. The number of nitriles is 1. The first-order valence-electron chi connectivity index (χ1n) is 7.72. The average molecular weight is 368 g/mol. The van der Waals surface area contributed by atoms with E-state index in [0.29, 0.717) is 11.0 Å². The van der Waals surface area contributed by atoms with Gasteiger partial charge in [0.15, 0.2) is 0 Å². The zero-order valence-electron chi connectivity index (χ0n) is 14.7. The quantitative estimate of drug-likeness (QED) is 0.646. The third-order valence-corrected chi connectivity index (χ3v) is 5.18. The Balaban J connectivity index is 2.23. The van der Waals surface area contributed by atoms with Crippen LogP contribution in [0.1, 0.15) is 17.0 Å². The lowest BCUT2D eigenvalue weighted by Gasteiger charge is -2.13. The molecule has 0 bridgehead atoms. The van der Waals surface area contributed by atoms with Crippen molar-refractivity contribution < 1.29 is 0 Å². The van der Waals surface area contributed by atoms with Gasteiger partial charge in [-0.2, -0.15) is 5.26 Å². The van der Waals surface area contributed by atoms with Crippen LogP contribution in [-0.2, 0) is 14.1 Å². The van der Waals surface area contributed by atoms with E-state index in [1.54, 1.807) is 0 Å². The van der Waals surface area contributed by atoms with Gasteiger partial charge in [-0.1, -0.05) is 18.2 Å². The van der Waals surface area contributed by atoms with E-state index in [1.807, 2.05) is 48.7 Å². The Morgan fingerprint density at radius 2 is 1.77 bits per heavy atom. The highest BCUT2D eigenvalue weighted by molar-refractivity contribution is 7.99. The molecule has 0 aliphatic heterocycles. The lowest BCUT2D eigenvalue weighted by atomic mass is 10.2. The molecule has 8 nitrogen and oxygen atoms in total. The van der Waals surface area contributed by atoms with Crippen molar-refractivity contribution in [2.45, 2.75) is 24.0 Å². The maximum absolute atomic E-state index is 12.3. The molecule has 0 unspecified atom stereocenters. The van der Waals surface area contributed by atoms with E-state index in [-0.39, 0.29) is 10.6 Å². The van der Waals surface area contributed by atoms with Crippen molar-refractivity contribution >= 4 is 11.8 Å². The highest BCUT2D eigenvalue weighted by atomic mass is 32.2. The molecular formula is C17H16N6O2S. The lowest BCUT2D eigenvalue weighted by Crippen LogP contribution is -2.39. The molecule has 3 rings (SSSR count). The number of nitrogens with zero attached hydrogens (tertiary/aromatic N) is 6. The largest absolute Gasteiger partial charge is 0.331 e. The maximum Gasteiger partial charge on any atom is 0.331 e. The van der Waals surface area contributed by atoms with Gasteiger partial charge in [0.25, 0.3) is 5.56 Å². The third kappa shape index (κ3) is 2.74. The first kappa shape index (κ1) is 17.7. The zero-order valence-corrected chi connectivity index (χ0v) is 15.5. The molecule has 0 saturated heterocycles. The summed E-state index contributed by atoms with van der Waals surface area (Å²) in [5, 5.41) is 18.4. The van der Waals surface area contributed by atoms with Crippen molar-refractivity contribution in [1.82, 2.24) is 23.9 Å². The van der Waals surface area contributed by atoms with Gasteiger partial charge in [0.05, 0.1) is 5.69 Å². The van der Waals surface area contributed by atoms with Crippen LogP contribution in [0.3, 0.4) is 0 Å². The summed E-state index contributed by atoms with van der Waals surface area (Å²) in [4.78, 5) is 24.5. The first-order chi connectivity index (χ1) is 12.4. The van der Waals surface area contributed by atoms with Crippen molar-refractivity contribution in [2.75, 3.05) is 0 Å². The third-order valence-electron chi connectivity index (χ3n) is 4.06. The van der Waals surface area contributed by atoms with E-state index >= 15 is 0 Å². The minimum atomic E-state index is -0.628. The monoisotopic (exact) mass is 368 g/mol. The average Bonchev–Trinajstić information content (AvgIpc) is 2.99. The van der Waals surface area contributed by atoms with Crippen LogP contribution in [0.2, 0.25) is 0 Å². The van der Waals surface area contributed by atoms with Crippen molar-refractivity contribution in [1.29, 1.82) is 5.26 Å². The van der Waals surface area contributed by atoms with Gasteiger partial charge < -0.3 is 0 Å². The van der Waals surface area contributed by atoms with E-state index in [0.717, 1.165) is 27.6 Å². The van der Waals surface area contributed by atoms with E-state index in [2.05, 4.69) is 10.2 Å². The molecule has 0 amide bonds. The minimum Gasteiger partial charge on any atom is -0.289 e. The van der Waals surface area contributed by atoms with E-state index < -0.39 is 11.2 Å². The second kappa shape index (κ2) is 6.65. The van der Waals surface area contributed by atoms with Gasteiger partial charge in [-0.15, -0.1) is 10.2 Å². The van der Waals surface area contributed by atoms with Crippen molar-refractivity contribution in [2.24, 2.45) is 14.1 Å². The highest BCUT2D eigenvalue weighted by Crippen LogP contribution is 2.30.